The number of hydrogen-bond acceptors (Lipinski definition) is 2. The van der Waals surface area contributed by atoms with E-state index in [4.69, 9.17) is 5.11 Å². The minimum absolute atomic E-state index is 0.0742. The molecule has 0 saturated carbocycles. The fourth-order valence-electron chi connectivity index (χ4n) is 1.48. The van der Waals surface area contributed by atoms with Crippen molar-refractivity contribution in [3.05, 3.63) is 0 Å². The zero-order chi connectivity index (χ0) is 9.14. The van der Waals surface area contributed by atoms with Gasteiger partial charge in [-0.2, -0.15) is 0 Å². The second-order valence-electron chi connectivity index (χ2n) is 3.18. The first-order chi connectivity index (χ1) is 5.61. The van der Waals surface area contributed by atoms with Crippen LogP contribution in [0.2, 0.25) is 0 Å². The topological polar surface area (TPSA) is 57.6 Å². The van der Waals surface area contributed by atoms with E-state index in [-0.39, 0.29) is 11.7 Å². The van der Waals surface area contributed by atoms with Gasteiger partial charge >= 0.3 is 6.09 Å². The third-order valence-electron chi connectivity index (χ3n) is 2.27. The molecule has 1 heterocycles. The Labute approximate surface area is 71.2 Å². The van der Waals surface area contributed by atoms with E-state index in [1.807, 2.05) is 0 Å². The summed E-state index contributed by atoms with van der Waals surface area (Å²) < 4.78 is 0. The Morgan fingerprint density at radius 2 is 2.17 bits per heavy atom. The molecule has 12 heavy (non-hydrogen) atoms. The van der Waals surface area contributed by atoms with Crippen molar-refractivity contribution < 1.29 is 14.7 Å². The largest absolute Gasteiger partial charge is 0.465 e. The first-order valence-electron chi connectivity index (χ1n) is 4.09. The smallest absolute Gasteiger partial charge is 0.407 e. The number of carbonyl (C=O) groups is 2. The lowest BCUT2D eigenvalue weighted by atomic mass is 9.95. The third kappa shape index (κ3) is 1.96. The molecule has 0 radical (unpaired) electrons. The zero-order valence-corrected chi connectivity index (χ0v) is 7.12. The van der Waals surface area contributed by atoms with Gasteiger partial charge in [-0.15, -0.1) is 0 Å². The molecule has 4 nitrogen and oxygen atoms in total. The van der Waals surface area contributed by atoms with E-state index >= 15 is 0 Å². The molecule has 1 aliphatic heterocycles. The first kappa shape index (κ1) is 9.03. The summed E-state index contributed by atoms with van der Waals surface area (Å²) in [7, 11) is 0. The predicted molar refractivity (Wildman–Crippen MR) is 43.0 cm³/mol. The van der Waals surface area contributed by atoms with Gasteiger partial charge in [0.25, 0.3) is 0 Å². The summed E-state index contributed by atoms with van der Waals surface area (Å²) in [6.07, 6.45) is 0.719. The van der Waals surface area contributed by atoms with Crippen LogP contribution < -0.4 is 0 Å². The number of likely N-dealkylation sites (tertiary alicyclic amines) is 1. The van der Waals surface area contributed by atoms with Crippen LogP contribution in [0.1, 0.15) is 19.8 Å². The van der Waals surface area contributed by atoms with Crippen molar-refractivity contribution in [2.45, 2.75) is 19.8 Å². The molecule has 1 rings (SSSR count). The van der Waals surface area contributed by atoms with Crippen molar-refractivity contribution in [1.82, 2.24) is 4.90 Å². The Bertz CT molecular complexity index is 182. The molecule has 1 atom stereocenters. The summed E-state index contributed by atoms with van der Waals surface area (Å²) in [5.74, 6) is 0.0239. The standard InChI is InChI=1S/C8H13NO3/c1-6(10)7-3-2-4-9(5-7)8(11)12/h7H,2-5H2,1H3,(H,11,12)/t7-/m0/s1. The van der Waals surface area contributed by atoms with Crippen molar-refractivity contribution in [1.29, 1.82) is 0 Å². The Morgan fingerprint density at radius 3 is 2.67 bits per heavy atom. The number of nitrogens with zero attached hydrogens (tertiary/aromatic N) is 1. The Morgan fingerprint density at radius 1 is 1.50 bits per heavy atom. The van der Waals surface area contributed by atoms with Gasteiger partial charge in [-0.05, 0) is 19.8 Å². The summed E-state index contributed by atoms with van der Waals surface area (Å²) >= 11 is 0. The number of Topliss-reactive ketones (excluding diaryl/α,β-unsaturated/α-hetero) is 1. The monoisotopic (exact) mass is 171 g/mol. The molecule has 4 heteroatoms. The summed E-state index contributed by atoms with van der Waals surface area (Å²) in [5.41, 5.74) is 0. The number of hydrogen-bond donors (Lipinski definition) is 1. The Balaban J connectivity index is 2.51. The number of carboxylic acid groups (broad SMARTS) is 1. The molecule has 0 bridgehead atoms. The fourth-order valence-corrected chi connectivity index (χ4v) is 1.48. The van der Waals surface area contributed by atoms with Crippen LogP contribution in [-0.2, 0) is 4.79 Å². The molecule has 1 aliphatic rings. The average Bonchev–Trinajstić information content (AvgIpc) is 2.04. The molecule has 1 amide bonds. The quantitative estimate of drug-likeness (QED) is 0.639. The van der Waals surface area contributed by atoms with Crippen LogP contribution in [0.4, 0.5) is 4.79 Å². The highest BCUT2D eigenvalue weighted by molar-refractivity contribution is 5.79. The highest BCUT2D eigenvalue weighted by atomic mass is 16.4. The summed E-state index contributed by atoms with van der Waals surface area (Å²) in [6, 6.07) is 0. The number of piperidine rings is 1. The van der Waals surface area contributed by atoms with Gasteiger partial charge < -0.3 is 10.0 Å². The first-order valence-corrected chi connectivity index (χ1v) is 4.09. The van der Waals surface area contributed by atoms with Crippen LogP contribution in [0.3, 0.4) is 0 Å². The molecular formula is C8H13NO3. The van der Waals surface area contributed by atoms with E-state index in [1.54, 1.807) is 0 Å². The molecule has 0 aliphatic carbocycles. The second kappa shape index (κ2) is 3.56. The number of amides is 1. The van der Waals surface area contributed by atoms with Gasteiger partial charge in [-0.3, -0.25) is 4.79 Å². The van der Waals surface area contributed by atoms with Gasteiger partial charge in [0, 0.05) is 19.0 Å². The molecule has 1 saturated heterocycles. The van der Waals surface area contributed by atoms with Gasteiger partial charge in [-0.1, -0.05) is 0 Å². The van der Waals surface area contributed by atoms with Crippen LogP contribution in [0, 0.1) is 5.92 Å². The van der Waals surface area contributed by atoms with Gasteiger partial charge in [0.2, 0.25) is 0 Å². The number of rotatable bonds is 1. The van der Waals surface area contributed by atoms with E-state index < -0.39 is 6.09 Å². The number of carbonyl (C=O) groups excluding carboxylic acids is 1. The molecule has 1 fully saturated rings. The molecule has 0 unspecified atom stereocenters. The molecule has 0 aromatic heterocycles. The highest BCUT2D eigenvalue weighted by Gasteiger charge is 2.25. The van der Waals surface area contributed by atoms with Crippen molar-refractivity contribution in [2.75, 3.05) is 13.1 Å². The summed E-state index contributed by atoms with van der Waals surface area (Å²) in [4.78, 5) is 22.8. The summed E-state index contributed by atoms with van der Waals surface area (Å²) in [6.45, 7) is 2.47. The van der Waals surface area contributed by atoms with E-state index in [2.05, 4.69) is 0 Å². The lowest BCUT2D eigenvalue weighted by Gasteiger charge is -2.28. The fraction of sp³-hybridized carbons (Fsp3) is 0.750. The van der Waals surface area contributed by atoms with Crippen molar-refractivity contribution in [3.63, 3.8) is 0 Å². The molecule has 1 N–H and O–H groups in total. The number of ketones is 1. The minimum Gasteiger partial charge on any atom is -0.465 e. The van der Waals surface area contributed by atoms with E-state index in [9.17, 15) is 9.59 Å². The average molecular weight is 171 g/mol. The van der Waals surface area contributed by atoms with Crippen molar-refractivity contribution in [3.8, 4) is 0 Å². The second-order valence-corrected chi connectivity index (χ2v) is 3.18. The Kier molecular flexibility index (Phi) is 2.68. The molecule has 0 aromatic rings. The van der Waals surface area contributed by atoms with Crippen molar-refractivity contribution >= 4 is 11.9 Å². The molecular weight excluding hydrogens is 158 g/mol. The highest BCUT2D eigenvalue weighted by Crippen LogP contribution is 2.16. The zero-order valence-electron chi connectivity index (χ0n) is 7.12. The van der Waals surface area contributed by atoms with E-state index in [0.29, 0.717) is 13.1 Å². The van der Waals surface area contributed by atoms with Gasteiger partial charge in [0.15, 0.2) is 0 Å². The third-order valence-corrected chi connectivity index (χ3v) is 2.27. The van der Waals surface area contributed by atoms with Crippen LogP contribution in [-0.4, -0.2) is 35.0 Å². The molecule has 0 aromatic carbocycles. The normalized spacial score (nSPS) is 23.8. The Hall–Kier alpha value is -1.06. The van der Waals surface area contributed by atoms with Gasteiger partial charge in [-0.25, -0.2) is 4.79 Å². The van der Waals surface area contributed by atoms with Crippen LogP contribution in [0.5, 0.6) is 0 Å². The maximum absolute atomic E-state index is 10.9. The van der Waals surface area contributed by atoms with Crippen LogP contribution >= 0.6 is 0 Å². The summed E-state index contributed by atoms with van der Waals surface area (Å²) in [5, 5.41) is 8.65. The van der Waals surface area contributed by atoms with Gasteiger partial charge in [0.05, 0.1) is 0 Å². The van der Waals surface area contributed by atoms with Crippen LogP contribution in [0.25, 0.3) is 0 Å². The molecule has 68 valence electrons. The lowest BCUT2D eigenvalue weighted by molar-refractivity contribution is -0.122. The van der Waals surface area contributed by atoms with Gasteiger partial charge in [0.1, 0.15) is 5.78 Å². The SMILES string of the molecule is CC(=O)[C@H]1CCCN(C(=O)O)C1. The van der Waals surface area contributed by atoms with E-state index in [1.165, 1.54) is 11.8 Å². The van der Waals surface area contributed by atoms with Crippen LogP contribution in [0.15, 0.2) is 0 Å². The maximum atomic E-state index is 10.9. The lowest BCUT2D eigenvalue weighted by Crippen LogP contribution is -2.41. The molecule has 0 spiro atoms. The predicted octanol–water partition coefficient (Wildman–Crippen LogP) is 0.965. The van der Waals surface area contributed by atoms with E-state index in [0.717, 1.165) is 12.8 Å². The maximum Gasteiger partial charge on any atom is 0.407 e. The minimum atomic E-state index is -0.916. The van der Waals surface area contributed by atoms with Crippen molar-refractivity contribution in [2.24, 2.45) is 5.92 Å².